The zero-order chi connectivity index (χ0) is 20.1. The van der Waals surface area contributed by atoms with Gasteiger partial charge in [-0.15, -0.1) is 0 Å². The summed E-state index contributed by atoms with van der Waals surface area (Å²) in [7, 11) is 0. The molecule has 1 aliphatic rings. The molecule has 148 valence electrons. The zero-order valence-electron chi connectivity index (χ0n) is 16.6. The van der Waals surface area contributed by atoms with Gasteiger partial charge in [0, 0.05) is 30.3 Å². The molecule has 3 aromatic rings. The summed E-state index contributed by atoms with van der Waals surface area (Å²) < 4.78 is 5.67. The van der Waals surface area contributed by atoms with Crippen LogP contribution in [0.4, 0.5) is 16.2 Å². The van der Waals surface area contributed by atoms with Crippen LogP contribution in [0.25, 0.3) is 11.1 Å². The zero-order valence-corrected chi connectivity index (χ0v) is 16.6. The molecule has 2 amide bonds. The number of carbonyl (C=O) groups excluding carboxylic acids is 1. The predicted molar refractivity (Wildman–Crippen MR) is 117 cm³/mol. The van der Waals surface area contributed by atoms with Gasteiger partial charge in [-0.1, -0.05) is 19.4 Å². The van der Waals surface area contributed by atoms with Crippen molar-refractivity contribution in [3.05, 3.63) is 72.6 Å². The third kappa shape index (κ3) is 4.40. The van der Waals surface area contributed by atoms with Gasteiger partial charge in [-0.25, -0.2) is 4.79 Å². The molecule has 1 aliphatic heterocycles. The minimum Gasteiger partial charge on any atom is -0.494 e. The number of aromatic nitrogens is 1. The Kier molecular flexibility index (Phi) is 5.75. The molecule has 0 unspecified atom stereocenters. The van der Waals surface area contributed by atoms with Crippen molar-refractivity contribution in [1.29, 1.82) is 0 Å². The molecule has 2 aromatic carbocycles. The highest BCUT2D eigenvalue weighted by atomic mass is 16.5. The molecular formula is C24H25N3O2. The normalized spacial score (nSPS) is 12.5. The van der Waals surface area contributed by atoms with Crippen molar-refractivity contribution in [3.8, 4) is 16.9 Å². The molecule has 0 radical (unpaired) electrons. The summed E-state index contributed by atoms with van der Waals surface area (Å²) in [6.45, 7) is 3.53. The molecule has 0 spiro atoms. The lowest BCUT2D eigenvalue weighted by Crippen LogP contribution is -2.33. The second-order valence-corrected chi connectivity index (χ2v) is 7.14. The number of fused-ring (bicyclic) bond motifs is 1. The molecule has 0 saturated heterocycles. The Morgan fingerprint density at radius 2 is 1.86 bits per heavy atom. The minimum absolute atomic E-state index is 0.111. The molecule has 1 N–H and O–H groups in total. The van der Waals surface area contributed by atoms with E-state index in [0.717, 1.165) is 47.5 Å². The summed E-state index contributed by atoms with van der Waals surface area (Å²) in [5.41, 5.74) is 5.20. The average Bonchev–Trinajstić information content (AvgIpc) is 3.19. The molecule has 4 rings (SSSR count). The molecular weight excluding hydrogens is 362 g/mol. The SMILES string of the molecule is CCCCOc1ccc(NC(=O)N2CCc3cc(-c4ccncc4)ccc32)cc1. The fraction of sp³-hybridized carbons (Fsp3) is 0.250. The fourth-order valence-electron chi connectivity index (χ4n) is 3.50. The lowest BCUT2D eigenvalue weighted by molar-refractivity contribution is 0.257. The summed E-state index contributed by atoms with van der Waals surface area (Å²) in [4.78, 5) is 18.7. The number of anilines is 2. The van der Waals surface area contributed by atoms with Gasteiger partial charge in [0.2, 0.25) is 0 Å². The Balaban J connectivity index is 1.42. The second-order valence-electron chi connectivity index (χ2n) is 7.14. The first-order chi connectivity index (χ1) is 14.2. The molecule has 5 heteroatoms. The first-order valence-electron chi connectivity index (χ1n) is 10.1. The highest BCUT2D eigenvalue weighted by Gasteiger charge is 2.25. The monoisotopic (exact) mass is 387 g/mol. The van der Waals surface area contributed by atoms with Crippen LogP contribution in [-0.4, -0.2) is 24.2 Å². The predicted octanol–water partition coefficient (Wildman–Crippen LogP) is 5.52. The van der Waals surface area contributed by atoms with Crippen LogP contribution in [0.1, 0.15) is 25.3 Å². The number of nitrogens with one attached hydrogen (secondary N) is 1. The number of benzene rings is 2. The van der Waals surface area contributed by atoms with Crippen molar-refractivity contribution in [1.82, 2.24) is 4.98 Å². The third-order valence-electron chi connectivity index (χ3n) is 5.11. The molecule has 2 heterocycles. The number of amides is 2. The topological polar surface area (TPSA) is 54.5 Å². The maximum Gasteiger partial charge on any atom is 0.326 e. The number of unbranched alkanes of at least 4 members (excludes halogenated alkanes) is 1. The molecule has 0 aliphatic carbocycles. The highest BCUT2D eigenvalue weighted by molar-refractivity contribution is 6.03. The van der Waals surface area contributed by atoms with E-state index in [1.165, 1.54) is 5.56 Å². The van der Waals surface area contributed by atoms with Crippen molar-refractivity contribution in [2.45, 2.75) is 26.2 Å². The molecule has 5 nitrogen and oxygen atoms in total. The van der Waals surface area contributed by atoms with E-state index < -0.39 is 0 Å². The second kappa shape index (κ2) is 8.78. The van der Waals surface area contributed by atoms with E-state index in [4.69, 9.17) is 4.74 Å². The first kappa shape index (κ1) is 19.0. The van der Waals surface area contributed by atoms with Gasteiger partial charge in [0.15, 0.2) is 0 Å². The van der Waals surface area contributed by atoms with E-state index in [1.54, 1.807) is 17.3 Å². The van der Waals surface area contributed by atoms with Crippen LogP contribution in [0.2, 0.25) is 0 Å². The quantitative estimate of drug-likeness (QED) is 0.567. The van der Waals surface area contributed by atoms with Gasteiger partial charge < -0.3 is 10.1 Å². The number of carbonyl (C=O) groups is 1. The van der Waals surface area contributed by atoms with E-state index in [2.05, 4.69) is 29.4 Å². The van der Waals surface area contributed by atoms with Gasteiger partial charge in [-0.05, 0) is 78.1 Å². The van der Waals surface area contributed by atoms with Gasteiger partial charge in [0.05, 0.1) is 6.61 Å². The molecule has 1 aromatic heterocycles. The summed E-state index contributed by atoms with van der Waals surface area (Å²) in [6, 6.07) is 17.7. The average molecular weight is 387 g/mol. The summed E-state index contributed by atoms with van der Waals surface area (Å²) in [5, 5.41) is 2.99. The van der Waals surface area contributed by atoms with E-state index in [9.17, 15) is 4.79 Å². The summed E-state index contributed by atoms with van der Waals surface area (Å²) >= 11 is 0. The van der Waals surface area contributed by atoms with Crippen LogP contribution in [0.3, 0.4) is 0 Å². The Morgan fingerprint density at radius 1 is 1.07 bits per heavy atom. The van der Waals surface area contributed by atoms with Gasteiger partial charge in [-0.2, -0.15) is 0 Å². The Bertz CT molecular complexity index is 971. The highest BCUT2D eigenvalue weighted by Crippen LogP contribution is 2.32. The van der Waals surface area contributed by atoms with Gasteiger partial charge >= 0.3 is 6.03 Å². The Labute approximate surface area is 171 Å². The number of nitrogens with zero attached hydrogens (tertiary/aromatic N) is 2. The maximum absolute atomic E-state index is 12.8. The van der Waals surface area contributed by atoms with E-state index in [1.807, 2.05) is 42.5 Å². The number of hydrogen-bond acceptors (Lipinski definition) is 3. The van der Waals surface area contributed by atoms with Crippen LogP contribution in [0.5, 0.6) is 5.75 Å². The smallest absolute Gasteiger partial charge is 0.326 e. The molecule has 0 saturated carbocycles. The number of pyridine rings is 1. The Hall–Kier alpha value is -3.34. The standard InChI is InChI=1S/C24H25N3O2/c1-2-3-16-29-22-7-5-21(6-8-22)26-24(28)27-15-12-20-17-19(4-9-23(20)27)18-10-13-25-14-11-18/h4-11,13-14,17H,2-3,12,15-16H2,1H3,(H,26,28). The molecule has 0 fully saturated rings. The number of hydrogen-bond donors (Lipinski definition) is 1. The first-order valence-corrected chi connectivity index (χ1v) is 10.1. The number of urea groups is 1. The van der Waals surface area contributed by atoms with Crippen molar-refractivity contribution in [3.63, 3.8) is 0 Å². The number of ether oxygens (including phenoxy) is 1. The third-order valence-corrected chi connectivity index (χ3v) is 5.11. The van der Waals surface area contributed by atoms with Gasteiger partial charge in [-0.3, -0.25) is 9.88 Å². The van der Waals surface area contributed by atoms with E-state index >= 15 is 0 Å². The van der Waals surface area contributed by atoms with Crippen molar-refractivity contribution in [2.24, 2.45) is 0 Å². The van der Waals surface area contributed by atoms with E-state index in [0.29, 0.717) is 13.2 Å². The van der Waals surface area contributed by atoms with Crippen LogP contribution in [0.15, 0.2) is 67.0 Å². The van der Waals surface area contributed by atoms with Crippen molar-refractivity contribution < 1.29 is 9.53 Å². The molecule has 29 heavy (non-hydrogen) atoms. The maximum atomic E-state index is 12.8. The fourth-order valence-corrected chi connectivity index (χ4v) is 3.50. The van der Waals surface area contributed by atoms with Crippen molar-refractivity contribution >= 4 is 17.4 Å². The Morgan fingerprint density at radius 3 is 2.62 bits per heavy atom. The van der Waals surface area contributed by atoms with Crippen LogP contribution in [0, 0.1) is 0 Å². The van der Waals surface area contributed by atoms with Crippen LogP contribution >= 0.6 is 0 Å². The minimum atomic E-state index is -0.111. The lowest BCUT2D eigenvalue weighted by Gasteiger charge is -2.18. The number of rotatable bonds is 6. The van der Waals surface area contributed by atoms with Gasteiger partial charge in [0.1, 0.15) is 5.75 Å². The van der Waals surface area contributed by atoms with Gasteiger partial charge in [0.25, 0.3) is 0 Å². The van der Waals surface area contributed by atoms with Crippen LogP contribution < -0.4 is 15.0 Å². The molecule has 0 bridgehead atoms. The van der Waals surface area contributed by atoms with E-state index in [-0.39, 0.29) is 6.03 Å². The van der Waals surface area contributed by atoms with Crippen molar-refractivity contribution in [2.75, 3.05) is 23.4 Å². The van der Waals surface area contributed by atoms with Crippen LogP contribution in [-0.2, 0) is 6.42 Å². The molecule has 0 atom stereocenters. The summed E-state index contributed by atoms with van der Waals surface area (Å²) in [5.74, 6) is 0.826. The lowest BCUT2D eigenvalue weighted by atomic mass is 10.0. The largest absolute Gasteiger partial charge is 0.494 e. The summed E-state index contributed by atoms with van der Waals surface area (Å²) in [6.07, 6.45) is 6.59.